The number of benzene rings is 1. The standard InChI is InChI=1S/C29H30N4O/c1-18-27(20(3)34-32-18)22-15-26-28(31-16-22)24(21-10-12-23(13-11-21)29(4,5)6)17-33(26)19(2)25-9-7-8-14-30-25/h7-17,19H,1-6H3/t19-/m0/s1. The molecule has 0 aliphatic heterocycles. The Hall–Kier alpha value is -3.73. The molecule has 0 aliphatic rings. The third kappa shape index (κ3) is 3.81. The molecule has 0 saturated heterocycles. The summed E-state index contributed by atoms with van der Waals surface area (Å²) in [6.07, 6.45) is 5.98. The van der Waals surface area contributed by atoms with Crippen LogP contribution in [0.15, 0.2) is 71.6 Å². The molecule has 0 amide bonds. The van der Waals surface area contributed by atoms with Crippen molar-refractivity contribution in [2.45, 2.75) is 53.0 Å². The Balaban J connectivity index is 1.71. The maximum absolute atomic E-state index is 5.43. The number of nitrogens with zero attached hydrogens (tertiary/aromatic N) is 4. The van der Waals surface area contributed by atoms with E-state index in [0.717, 1.165) is 50.4 Å². The van der Waals surface area contributed by atoms with Crippen LogP contribution >= 0.6 is 0 Å². The zero-order valence-electron chi connectivity index (χ0n) is 20.6. The quantitative estimate of drug-likeness (QED) is 0.289. The minimum absolute atomic E-state index is 0.0491. The van der Waals surface area contributed by atoms with Crippen LogP contribution in [0.1, 0.15) is 56.4 Å². The van der Waals surface area contributed by atoms with E-state index in [1.54, 1.807) is 0 Å². The van der Waals surface area contributed by atoms with Crippen molar-refractivity contribution in [1.82, 2.24) is 19.7 Å². The fraction of sp³-hybridized carbons (Fsp3) is 0.276. The van der Waals surface area contributed by atoms with Crippen LogP contribution in [-0.4, -0.2) is 19.7 Å². The van der Waals surface area contributed by atoms with Gasteiger partial charge in [0.2, 0.25) is 0 Å². The molecule has 4 heterocycles. The van der Waals surface area contributed by atoms with E-state index in [1.807, 2.05) is 38.4 Å². The molecule has 0 fully saturated rings. The highest BCUT2D eigenvalue weighted by atomic mass is 16.5. The fourth-order valence-corrected chi connectivity index (χ4v) is 4.61. The maximum Gasteiger partial charge on any atom is 0.141 e. The molecule has 4 aromatic heterocycles. The number of hydrogen-bond donors (Lipinski definition) is 0. The molecule has 0 unspecified atom stereocenters. The number of pyridine rings is 2. The zero-order valence-corrected chi connectivity index (χ0v) is 20.6. The fourth-order valence-electron chi connectivity index (χ4n) is 4.61. The molecule has 0 saturated carbocycles. The van der Waals surface area contributed by atoms with Crippen molar-refractivity contribution >= 4 is 11.0 Å². The van der Waals surface area contributed by atoms with Crippen LogP contribution in [-0.2, 0) is 5.41 Å². The molecule has 172 valence electrons. The molecule has 0 spiro atoms. The van der Waals surface area contributed by atoms with Gasteiger partial charge >= 0.3 is 0 Å². The third-order valence-electron chi connectivity index (χ3n) is 6.59. The highest BCUT2D eigenvalue weighted by Gasteiger charge is 2.21. The Labute approximate surface area is 200 Å². The summed E-state index contributed by atoms with van der Waals surface area (Å²) < 4.78 is 7.70. The van der Waals surface area contributed by atoms with Crippen LogP contribution in [0, 0.1) is 13.8 Å². The molecule has 5 aromatic rings. The van der Waals surface area contributed by atoms with Crippen molar-refractivity contribution in [3.8, 4) is 22.3 Å². The van der Waals surface area contributed by atoms with E-state index in [0.29, 0.717) is 0 Å². The Morgan fingerprint density at radius 3 is 2.32 bits per heavy atom. The summed E-state index contributed by atoms with van der Waals surface area (Å²) in [5, 5.41) is 4.14. The lowest BCUT2D eigenvalue weighted by atomic mass is 9.86. The van der Waals surface area contributed by atoms with Gasteiger partial charge in [-0.3, -0.25) is 9.97 Å². The van der Waals surface area contributed by atoms with E-state index in [4.69, 9.17) is 9.51 Å². The van der Waals surface area contributed by atoms with E-state index in [1.165, 1.54) is 5.56 Å². The Kier molecular flexibility index (Phi) is 5.35. The highest BCUT2D eigenvalue weighted by Crippen LogP contribution is 2.37. The molecular weight excluding hydrogens is 420 g/mol. The Bertz CT molecular complexity index is 1430. The third-order valence-corrected chi connectivity index (χ3v) is 6.59. The molecule has 0 radical (unpaired) electrons. The zero-order chi connectivity index (χ0) is 24.0. The Morgan fingerprint density at radius 2 is 1.71 bits per heavy atom. The summed E-state index contributed by atoms with van der Waals surface area (Å²) >= 11 is 0. The molecule has 34 heavy (non-hydrogen) atoms. The van der Waals surface area contributed by atoms with Gasteiger partial charge in [-0.25, -0.2) is 0 Å². The van der Waals surface area contributed by atoms with E-state index in [-0.39, 0.29) is 11.5 Å². The molecule has 1 aromatic carbocycles. The van der Waals surface area contributed by atoms with E-state index in [2.05, 4.69) is 85.0 Å². The first-order chi connectivity index (χ1) is 16.2. The summed E-state index contributed by atoms with van der Waals surface area (Å²) in [4.78, 5) is 9.57. The average Bonchev–Trinajstić information content (AvgIpc) is 3.37. The molecule has 5 rings (SSSR count). The summed E-state index contributed by atoms with van der Waals surface area (Å²) in [5.41, 5.74) is 9.62. The van der Waals surface area contributed by atoms with Crippen LogP contribution < -0.4 is 0 Å². The second-order valence-electron chi connectivity index (χ2n) is 10.00. The van der Waals surface area contributed by atoms with Gasteiger partial charge in [-0.05, 0) is 55.5 Å². The van der Waals surface area contributed by atoms with Gasteiger partial charge in [-0.15, -0.1) is 0 Å². The largest absolute Gasteiger partial charge is 0.361 e. The van der Waals surface area contributed by atoms with Crippen molar-refractivity contribution < 1.29 is 4.52 Å². The first-order valence-electron chi connectivity index (χ1n) is 11.7. The lowest BCUT2D eigenvalue weighted by molar-refractivity contribution is 0.393. The minimum atomic E-state index is 0.0491. The summed E-state index contributed by atoms with van der Waals surface area (Å²) in [6, 6.07) is 17.1. The van der Waals surface area contributed by atoms with Crippen LogP contribution in [0.5, 0.6) is 0 Å². The molecule has 0 N–H and O–H groups in total. The van der Waals surface area contributed by atoms with Gasteiger partial charge in [-0.2, -0.15) is 0 Å². The highest BCUT2D eigenvalue weighted by molar-refractivity contribution is 5.95. The van der Waals surface area contributed by atoms with E-state index in [9.17, 15) is 0 Å². The molecular formula is C29H30N4O. The number of fused-ring (bicyclic) bond motifs is 1. The van der Waals surface area contributed by atoms with Crippen LogP contribution in [0.2, 0.25) is 0 Å². The van der Waals surface area contributed by atoms with Crippen molar-refractivity contribution in [2.75, 3.05) is 0 Å². The maximum atomic E-state index is 5.43. The predicted molar refractivity (Wildman–Crippen MR) is 137 cm³/mol. The lowest BCUT2D eigenvalue weighted by Gasteiger charge is -2.19. The molecule has 0 aliphatic carbocycles. The summed E-state index contributed by atoms with van der Waals surface area (Å²) in [6.45, 7) is 12.8. The SMILES string of the molecule is Cc1noc(C)c1-c1cnc2c(-c3ccc(C(C)(C)C)cc3)cn([C@@H](C)c3ccccn3)c2c1. The van der Waals surface area contributed by atoms with Gasteiger partial charge in [-0.1, -0.05) is 56.3 Å². The van der Waals surface area contributed by atoms with Crippen molar-refractivity contribution in [1.29, 1.82) is 0 Å². The van der Waals surface area contributed by atoms with Gasteiger partial charge in [0, 0.05) is 35.3 Å². The first-order valence-corrected chi connectivity index (χ1v) is 11.7. The second-order valence-corrected chi connectivity index (χ2v) is 10.00. The van der Waals surface area contributed by atoms with Gasteiger partial charge in [0.15, 0.2) is 0 Å². The second kappa shape index (κ2) is 8.24. The van der Waals surface area contributed by atoms with E-state index < -0.39 is 0 Å². The van der Waals surface area contributed by atoms with Crippen LogP contribution in [0.4, 0.5) is 0 Å². The number of aryl methyl sites for hydroxylation is 2. The topological polar surface area (TPSA) is 56.7 Å². The van der Waals surface area contributed by atoms with Crippen LogP contribution in [0.25, 0.3) is 33.3 Å². The number of aromatic nitrogens is 4. The predicted octanol–water partition coefficient (Wildman–Crippen LogP) is 7.28. The lowest BCUT2D eigenvalue weighted by Crippen LogP contribution is -2.10. The van der Waals surface area contributed by atoms with Crippen molar-refractivity contribution in [3.63, 3.8) is 0 Å². The summed E-state index contributed by atoms with van der Waals surface area (Å²) in [5.74, 6) is 0.799. The van der Waals surface area contributed by atoms with Gasteiger partial charge in [0.25, 0.3) is 0 Å². The number of rotatable bonds is 4. The molecule has 5 heteroatoms. The van der Waals surface area contributed by atoms with E-state index >= 15 is 0 Å². The number of hydrogen-bond acceptors (Lipinski definition) is 4. The van der Waals surface area contributed by atoms with Crippen molar-refractivity contribution in [3.05, 3.63) is 89.8 Å². The minimum Gasteiger partial charge on any atom is -0.361 e. The molecule has 0 bridgehead atoms. The van der Waals surface area contributed by atoms with Gasteiger partial charge in [0.05, 0.1) is 28.5 Å². The average molecular weight is 451 g/mol. The first kappa shape index (κ1) is 22.1. The molecule has 1 atom stereocenters. The smallest absolute Gasteiger partial charge is 0.141 e. The van der Waals surface area contributed by atoms with Crippen LogP contribution in [0.3, 0.4) is 0 Å². The van der Waals surface area contributed by atoms with Gasteiger partial charge < -0.3 is 9.09 Å². The molecule has 5 nitrogen and oxygen atoms in total. The van der Waals surface area contributed by atoms with Gasteiger partial charge in [0.1, 0.15) is 5.76 Å². The monoisotopic (exact) mass is 450 g/mol. The Morgan fingerprint density at radius 1 is 0.941 bits per heavy atom. The van der Waals surface area contributed by atoms with Crippen molar-refractivity contribution in [2.24, 2.45) is 0 Å². The normalized spacial score (nSPS) is 12.9. The summed E-state index contributed by atoms with van der Waals surface area (Å²) in [7, 11) is 0.